The Bertz CT molecular complexity index is 365. The Morgan fingerprint density at radius 3 is 2.94 bits per heavy atom. The van der Waals surface area contributed by atoms with Crippen LogP contribution in [0.15, 0.2) is 12.1 Å². The Kier molecular flexibility index (Phi) is 3.70. The molecule has 16 heavy (non-hydrogen) atoms. The normalized spacial score (nSPS) is 17.9. The van der Waals surface area contributed by atoms with Crippen LogP contribution in [0.2, 0.25) is 0 Å². The van der Waals surface area contributed by atoms with Crippen molar-refractivity contribution in [2.75, 3.05) is 11.2 Å². The number of hydrogen-bond acceptors (Lipinski definition) is 2. The molecule has 0 aromatic carbocycles. The van der Waals surface area contributed by atoms with E-state index in [2.05, 4.69) is 36.3 Å². The summed E-state index contributed by atoms with van der Waals surface area (Å²) in [6.45, 7) is 4.31. The van der Waals surface area contributed by atoms with Gasteiger partial charge in [0.15, 0.2) is 0 Å². The number of nitrogens with zero attached hydrogens (tertiary/aromatic N) is 1. The molecule has 0 saturated carbocycles. The second-order valence-electron chi connectivity index (χ2n) is 4.72. The van der Waals surface area contributed by atoms with Crippen LogP contribution in [-0.2, 0) is 12.8 Å². The van der Waals surface area contributed by atoms with Gasteiger partial charge in [0, 0.05) is 17.6 Å². The number of anilines is 1. The quantitative estimate of drug-likeness (QED) is 0.815. The molecule has 0 radical (unpaired) electrons. The molecule has 1 N–H and O–H groups in total. The van der Waals surface area contributed by atoms with Gasteiger partial charge in [-0.3, -0.25) is 0 Å². The molecule has 1 aliphatic carbocycles. The van der Waals surface area contributed by atoms with Crippen LogP contribution < -0.4 is 5.32 Å². The highest BCUT2D eigenvalue weighted by molar-refractivity contribution is 6.18. The van der Waals surface area contributed by atoms with Crippen molar-refractivity contribution in [1.82, 2.24) is 4.98 Å². The smallest absolute Gasteiger partial charge is 0.126 e. The van der Waals surface area contributed by atoms with Crippen LogP contribution in [-0.4, -0.2) is 16.9 Å². The van der Waals surface area contributed by atoms with Gasteiger partial charge in [-0.15, -0.1) is 11.6 Å². The zero-order chi connectivity index (χ0) is 11.5. The highest BCUT2D eigenvalue weighted by atomic mass is 35.5. The van der Waals surface area contributed by atoms with Gasteiger partial charge in [0.2, 0.25) is 0 Å². The summed E-state index contributed by atoms with van der Waals surface area (Å²) in [6.07, 6.45) is 3.57. The monoisotopic (exact) mass is 238 g/mol. The van der Waals surface area contributed by atoms with Crippen molar-refractivity contribution in [3.05, 3.63) is 23.4 Å². The first kappa shape index (κ1) is 11.7. The van der Waals surface area contributed by atoms with Crippen LogP contribution in [0.1, 0.15) is 31.5 Å². The van der Waals surface area contributed by atoms with E-state index in [1.54, 1.807) is 0 Å². The van der Waals surface area contributed by atoms with Crippen LogP contribution in [0, 0.1) is 5.92 Å². The molecule has 2 rings (SSSR count). The van der Waals surface area contributed by atoms with E-state index in [1.807, 2.05) is 0 Å². The largest absolute Gasteiger partial charge is 0.367 e. The summed E-state index contributed by atoms with van der Waals surface area (Å²) in [7, 11) is 0. The van der Waals surface area contributed by atoms with Crippen molar-refractivity contribution in [2.45, 2.75) is 39.2 Å². The number of fused-ring (bicyclic) bond motifs is 1. The van der Waals surface area contributed by atoms with Crippen molar-refractivity contribution in [3.8, 4) is 0 Å². The first-order valence-corrected chi connectivity index (χ1v) is 6.55. The summed E-state index contributed by atoms with van der Waals surface area (Å²) in [5.74, 6) is 2.13. The van der Waals surface area contributed by atoms with Gasteiger partial charge in [-0.1, -0.05) is 13.0 Å². The van der Waals surface area contributed by atoms with Crippen molar-refractivity contribution in [1.29, 1.82) is 0 Å². The maximum atomic E-state index is 5.85. The molecule has 2 nitrogen and oxygen atoms in total. The lowest BCUT2D eigenvalue weighted by molar-refractivity contribution is 0.564. The molecular formula is C13H19ClN2. The van der Waals surface area contributed by atoms with Gasteiger partial charge in [0.25, 0.3) is 0 Å². The summed E-state index contributed by atoms with van der Waals surface area (Å²) in [4.78, 5) is 4.66. The molecule has 0 aliphatic heterocycles. The van der Waals surface area contributed by atoms with E-state index in [0.717, 1.165) is 12.2 Å². The molecule has 1 heterocycles. The summed E-state index contributed by atoms with van der Waals surface area (Å²) >= 11 is 5.85. The Hall–Kier alpha value is -0.760. The Labute approximate surface area is 102 Å². The van der Waals surface area contributed by atoms with E-state index in [1.165, 1.54) is 24.1 Å². The molecule has 2 unspecified atom stereocenters. The third-order valence-corrected chi connectivity index (χ3v) is 3.89. The van der Waals surface area contributed by atoms with Crippen LogP contribution in [0.25, 0.3) is 0 Å². The number of aromatic nitrogens is 1. The molecule has 0 bridgehead atoms. The van der Waals surface area contributed by atoms with Crippen molar-refractivity contribution < 1.29 is 0 Å². The van der Waals surface area contributed by atoms with Crippen molar-refractivity contribution in [2.24, 2.45) is 5.92 Å². The fourth-order valence-electron chi connectivity index (χ4n) is 2.01. The molecule has 3 heteroatoms. The average Bonchev–Trinajstić information content (AvgIpc) is 2.75. The van der Waals surface area contributed by atoms with Gasteiger partial charge in [0.05, 0.1) is 0 Å². The minimum Gasteiger partial charge on any atom is -0.367 e. The van der Waals surface area contributed by atoms with Gasteiger partial charge in [-0.05, 0) is 43.7 Å². The van der Waals surface area contributed by atoms with E-state index >= 15 is 0 Å². The zero-order valence-electron chi connectivity index (χ0n) is 9.96. The van der Waals surface area contributed by atoms with Gasteiger partial charge in [-0.25, -0.2) is 4.98 Å². The van der Waals surface area contributed by atoms with Crippen LogP contribution in [0.5, 0.6) is 0 Å². The topological polar surface area (TPSA) is 24.9 Å². The predicted octanol–water partition coefficient (Wildman–Crippen LogP) is 3.25. The molecule has 1 aromatic heterocycles. The lowest BCUT2D eigenvalue weighted by Gasteiger charge is -2.20. The summed E-state index contributed by atoms with van der Waals surface area (Å²) in [5, 5.41) is 3.43. The number of alkyl halides is 1. The number of pyridine rings is 1. The standard InChI is InChI=1S/C13H19ClN2/c1-9(8-14)10(2)15-13-7-6-11-4-3-5-12(11)16-13/h6-7,9-10H,3-5,8H2,1-2H3,(H,15,16). The summed E-state index contributed by atoms with van der Waals surface area (Å²) in [6, 6.07) is 4.65. The molecule has 0 spiro atoms. The first-order chi connectivity index (χ1) is 7.70. The Balaban J connectivity index is 2.05. The van der Waals surface area contributed by atoms with Gasteiger partial charge >= 0.3 is 0 Å². The highest BCUT2D eigenvalue weighted by Gasteiger charge is 2.15. The van der Waals surface area contributed by atoms with Gasteiger partial charge in [-0.2, -0.15) is 0 Å². The second kappa shape index (κ2) is 5.05. The number of rotatable bonds is 4. The van der Waals surface area contributed by atoms with E-state index in [4.69, 9.17) is 11.6 Å². The SMILES string of the molecule is CC(CCl)C(C)Nc1ccc2c(n1)CCC2. The van der Waals surface area contributed by atoms with E-state index in [-0.39, 0.29) is 0 Å². The molecule has 0 amide bonds. The molecular weight excluding hydrogens is 220 g/mol. The fourth-order valence-corrected chi connectivity index (χ4v) is 2.28. The molecule has 88 valence electrons. The Morgan fingerprint density at radius 2 is 2.19 bits per heavy atom. The molecule has 1 aliphatic rings. The fraction of sp³-hybridized carbons (Fsp3) is 0.615. The second-order valence-corrected chi connectivity index (χ2v) is 5.03. The van der Waals surface area contributed by atoms with E-state index in [9.17, 15) is 0 Å². The van der Waals surface area contributed by atoms with Crippen LogP contribution >= 0.6 is 11.6 Å². The van der Waals surface area contributed by atoms with Crippen LogP contribution in [0.3, 0.4) is 0 Å². The average molecular weight is 239 g/mol. The third kappa shape index (κ3) is 2.49. The predicted molar refractivity (Wildman–Crippen MR) is 69.2 cm³/mol. The highest BCUT2D eigenvalue weighted by Crippen LogP contribution is 2.22. The summed E-state index contributed by atoms with van der Waals surface area (Å²) < 4.78 is 0. The maximum Gasteiger partial charge on any atom is 0.126 e. The number of aryl methyl sites for hydroxylation is 2. The van der Waals surface area contributed by atoms with E-state index < -0.39 is 0 Å². The third-order valence-electron chi connectivity index (χ3n) is 3.40. The number of hydrogen-bond donors (Lipinski definition) is 1. The van der Waals surface area contributed by atoms with E-state index in [0.29, 0.717) is 17.8 Å². The molecule has 0 saturated heterocycles. The molecule has 2 atom stereocenters. The number of halogens is 1. The zero-order valence-corrected chi connectivity index (χ0v) is 10.7. The minimum atomic E-state index is 0.365. The minimum absolute atomic E-state index is 0.365. The van der Waals surface area contributed by atoms with Crippen LogP contribution in [0.4, 0.5) is 5.82 Å². The molecule has 0 fully saturated rings. The van der Waals surface area contributed by atoms with Gasteiger partial charge in [0.1, 0.15) is 5.82 Å². The van der Waals surface area contributed by atoms with Crippen molar-refractivity contribution >= 4 is 17.4 Å². The first-order valence-electron chi connectivity index (χ1n) is 6.02. The summed E-state index contributed by atoms with van der Waals surface area (Å²) in [5.41, 5.74) is 2.69. The maximum absolute atomic E-state index is 5.85. The Morgan fingerprint density at radius 1 is 1.38 bits per heavy atom. The lowest BCUT2D eigenvalue weighted by atomic mass is 10.1. The number of nitrogens with one attached hydrogen (secondary N) is 1. The molecule has 1 aromatic rings. The van der Waals surface area contributed by atoms with Gasteiger partial charge < -0.3 is 5.32 Å². The van der Waals surface area contributed by atoms with Crippen molar-refractivity contribution in [3.63, 3.8) is 0 Å². The lowest BCUT2D eigenvalue weighted by Crippen LogP contribution is -2.25.